The Hall–Kier alpha value is -3.28. The van der Waals surface area contributed by atoms with Crippen molar-refractivity contribution >= 4 is 27.1 Å². The van der Waals surface area contributed by atoms with Gasteiger partial charge < -0.3 is 4.74 Å². The Labute approximate surface area is 140 Å². The molecule has 25 heavy (non-hydrogen) atoms. The number of nitro benzene ring substituents is 2. The summed E-state index contributed by atoms with van der Waals surface area (Å²) in [4.78, 5) is 19.0. The molecule has 132 valence electrons. The topological polar surface area (TPSA) is 142 Å². The van der Waals surface area contributed by atoms with E-state index in [-0.39, 0.29) is 11.4 Å². The summed E-state index contributed by atoms with van der Waals surface area (Å²) in [6.07, 6.45) is 0. The zero-order chi connectivity index (χ0) is 18.8. The highest BCUT2D eigenvalue weighted by atomic mass is 32.2. The molecule has 0 amide bonds. The molecule has 0 fully saturated rings. The summed E-state index contributed by atoms with van der Waals surface area (Å²) < 4.78 is 44.9. The Kier molecular flexibility index (Phi) is 4.83. The monoisotopic (exact) mass is 371 g/mol. The Morgan fingerprint density at radius 3 is 2.20 bits per heavy atom. The highest BCUT2D eigenvalue weighted by Gasteiger charge is 2.27. The predicted octanol–water partition coefficient (Wildman–Crippen LogP) is 2.45. The van der Waals surface area contributed by atoms with Gasteiger partial charge in [-0.3, -0.25) is 25.0 Å². The molecule has 10 nitrogen and oxygen atoms in total. The Bertz CT molecular complexity index is 962. The van der Waals surface area contributed by atoms with Crippen LogP contribution in [0.15, 0.2) is 41.3 Å². The second-order valence-corrected chi connectivity index (χ2v) is 6.30. The Morgan fingerprint density at radius 1 is 1.04 bits per heavy atom. The van der Waals surface area contributed by atoms with Crippen LogP contribution in [0.1, 0.15) is 0 Å². The van der Waals surface area contributed by atoms with Crippen molar-refractivity contribution in [2.45, 2.75) is 4.90 Å². The molecule has 2 aromatic rings. The van der Waals surface area contributed by atoms with Crippen molar-refractivity contribution in [3.8, 4) is 5.75 Å². The lowest BCUT2D eigenvalue weighted by atomic mass is 10.3. The van der Waals surface area contributed by atoms with Crippen LogP contribution >= 0.6 is 0 Å². The molecule has 0 aromatic heterocycles. The van der Waals surface area contributed by atoms with E-state index in [9.17, 15) is 33.0 Å². The molecule has 0 aliphatic carbocycles. The number of nitrogens with one attached hydrogen (secondary N) is 1. The lowest BCUT2D eigenvalue weighted by molar-refractivity contribution is -0.422. The quantitative estimate of drug-likeness (QED) is 0.607. The molecule has 2 aromatic carbocycles. The summed E-state index contributed by atoms with van der Waals surface area (Å²) in [6, 6.07) is 5.37. The maximum absolute atomic E-state index is 13.6. The summed E-state index contributed by atoms with van der Waals surface area (Å²) in [5.41, 5.74) is -1.98. The number of halogens is 1. The van der Waals surface area contributed by atoms with E-state index in [1.807, 2.05) is 4.72 Å². The third-order valence-electron chi connectivity index (χ3n) is 3.05. The SMILES string of the molecule is COc1ccc(NS(=O)(=O)c2ccc([N+](=O)[O-])c([N+](=O)[O-])c2)cc1F. The fraction of sp³-hybridized carbons (Fsp3) is 0.0769. The van der Waals surface area contributed by atoms with Crippen molar-refractivity contribution in [3.63, 3.8) is 0 Å². The highest BCUT2D eigenvalue weighted by molar-refractivity contribution is 7.92. The van der Waals surface area contributed by atoms with Crippen LogP contribution in [-0.2, 0) is 10.0 Å². The second kappa shape index (κ2) is 6.68. The molecule has 0 radical (unpaired) electrons. The number of methoxy groups -OCH3 is 1. The molecular weight excluding hydrogens is 361 g/mol. The molecule has 0 saturated carbocycles. The zero-order valence-corrected chi connectivity index (χ0v) is 13.3. The fourth-order valence-electron chi connectivity index (χ4n) is 1.91. The van der Waals surface area contributed by atoms with Gasteiger partial charge >= 0.3 is 11.4 Å². The van der Waals surface area contributed by atoms with Crippen molar-refractivity contribution in [1.82, 2.24) is 0 Å². The first-order valence-corrected chi connectivity index (χ1v) is 7.93. The number of rotatable bonds is 6. The van der Waals surface area contributed by atoms with Gasteiger partial charge in [-0.25, -0.2) is 12.8 Å². The molecule has 0 atom stereocenters. The van der Waals surface area contributed by atoms with Crippen molar-refractivity contribution in [1.29, 1.82) is 0 Å². The molecule has 12 heteroatoms. The van der Waals surface area contributed by atoms with E-state index in [0.717, 1.165) is 12.1 Å². The molecule has 1 N–H and O–H groups in total. The van der Waals surface area contributed by atoms with Crippen molar-refractivity contribution in [3.05, 3.63) is 62.4 Å². The van der Waals surface area contributed by atoms with Gasteiger partial charge in [0.15, 0.2) is 11.6 Å². The lowest BCUT2D eigenvalue weighted by Crippen LogP contribution is -2.13. The average molecular weight is 371 g/mol. The van der Waals surface area contributed by atoms with E-state index in [2.05, 4.69) is 0 Å². The van der Waals surface area contributed by atoms with E-state index in [1.165, 1.54) is 19.2 Å². The van der Waals surface area contributed by atoms with Crippen molar-refractivity contribution in [2.24, 2.45) is 0 Å². The average Bonchev–Trinajstić information content (AvgIpc) is 2.54. The van der Waals surface area contributed by atoms with Crippen LogP contribution in [0.5, 0.6) is 5.75 Å². The van der Waals surface area contributed by atoms with E-state index in [0.29, 0.717) is 12.1 Å². The van der Waals surface area contributed by atoms with Gasteiger partial charge in [-0.1, -0.05) is 0 Å². The molecule has 0 bridgehead atoms. The smallest absolute Gasteiger partial charge is 0.347 e. The minimum Gasteiger partial charge on any atom is -0.494 e. The van der Waals surface area contributed by atoms with Gasteiger partial charge in [0.05, 0.1) is 27.5 Å². The minimum atomic E-state index is -4.33. The molecule has 0 saturated heterocycles. The number of nitro groups is 2. The summed E-state index contributed by atoms with van der Waals surface area (Å²) in [7, 11) is -3.10. The number of hydrogen-bond acceptors (Lipinski definition) is 7. The first-order chi connectivity index (χ1) is 11.7. The Balaban J connectivity index is 2.43. The first-order valence-electron chi connectivity index (χ1n) is 6.45. The van der Waals surface area contributed by atoms with Gasteiger partial charge in [0.25, 0.3) is 10.0 Å². The van der Waals surface area contributed by atoms with Gasteiger partial charge in [-0.15, -0.1) is 0 Å². The van der Waals surface area contributed by atoms with E-state index in [4.69, 9.17) is 4.74 Å². The maximum atomic E-state index is 13.6. The Morgan fingerprint density at radius 2 is 1.68 bits per heavy atom. The standard InChI is InChI=1S/C13H10FN3O7S/c1-24-13-5-2-8(6-10(13)14)15-25(22,23)9-3-4-11(16(18)19)12(7-9)17(20)21/h2-7,15H,1H3. The van der Waals surface area contributed by atoms with Gasteiger partial charge in [-0.05, 0) is 18.2 Å². The maximum Gasteiger partial charge on any atom is 0.347 e. The zero-order valence-electron chi connectivity index (χ0n) is 12.5. The number of anilines is 1. The minimum absolute atomic E-state index is 0.103. The summed E-state index contributed by atoms with van der Waals surface area (Å²) in [5.74, 6) is -0.925. The van der Waals surface area contributed by atoms with Gasteiger partial charge in [0.2, 0.25) is 0 Å². The summed E-state index contributed by atoms with van der Waals surface area (Å²) >= 11 is 0. The number of ether oxygens (including phenoxy) is 1. The number of hydrogen-bond donors (Lipinski definition) is 1. The van der Waals surface area contributed by atoms with E-state index >= 15 is 0 Å². The van der Waals surface area contributed by atoms with E-state index < -0.39 is 42.0 Å². The van der Waals surface area contributed by atoms with Crippen LogP contribution in [0.2, 0.25) is 0 Å². The molecule has 0 unspecified atom stereocenters. The van der Waals surface area contributed by atoms with Gasteiger partial charge in [0, 0.05) is 18.2 Å². The third-order valence-corrected chi connectivity index (χ3v) is 4.43. The molecule has 0 heterocycles. The van der Waals surface area contributed by atoms with Crippen LogP contribution in [0.4, 0.5) is 21.5 Å². The lowest BCUT2D eigenvalue weighted by Gasteiger charge is -2.09. The fourth-order valence-corrected chi connectivity index (χ4v) is 2.98. The number of benzene rings is 2. The first kappa shape index (κ1) is 18.1. The summed E-state index contributed by atoms with van der Waals surface area (Å²) in [6.45, 7) is 0. The number of nitrogens with zero attached hydrogens (tertiary/aromatic N) is 2. The highest BCUT2D eigenvalue weighted by Crippen LogP contribution is 2.30. The van der Waals surface area contributed by atoms with Crippen LogP contribution in [0.25, 0.3) is 0 Å². The normalized spacial score (nSPS) is 11.0. The summed E-state index contributed by atoms with van der Waals surface area (Å²) in [5, 5.41) is 21.7. The third kappa shape index (κ3) is 3.80. The molecule has 0 aliphatic heterocycles. The number of sulfonamides is 1. The predicted molar refractivity (Wildman–Crippen MR) is 83.5 cm³/mol. The second-order valence-electron chi connectivity index (χ2n) is 4.62. The van der Waals surface area contributed by atoms with Crippen molar-refractivity contribution in [2.75, 3.05) is 11.8 Å². The van der Waals surface area contributed by atoms with Gasteiger partial charge in [-0.2, -0.15) is 0 Å². The largest absolute Gasteiger partial charge is 0.494 e. The van der Waals surface area contributed by atoms with Crippen molar-refractivity contribution < 1.29 is 27.4 Å². The van der Waals surface area contributed by atoms with Crippen LogP contribution < -0.4 is 9.46 Å². The van der Waals surface area contributed by atoms with Crippen LogP contribution in [0, 0.1) is 26.0 Å². The molecule has 0 spiro atoms. The molecule has 0 aliphatic rings. The van der Waals surface area contributed by atoms with E-state index in [1.54, 1.807) is 0 Å². The molecular formula is C13H10FN3O7S. The van der Waals surface area contributed by atoms with Gasteiger partial charge in [0.1, 0.15) is 0 Å². The van der Waals surface area contributed by atoms with Crippen LogP contribution in [0.3, 0.4) is 0 Å². The molecule has 2 rings (SSSR count). The van der Waals surface area contributed by atoms with Crippen LogP contribution in [-0.4, -0.2) is 25.4 Å².